The van der Waals surface area contributed by atoms with Gasteiger partial charge >= 0.3 is 0 Å². The highest BCUT2D eigenvalue weighted by Crippen LogP contribution is 2.25. The molecule has 0 spiro atoms. The van der Waals surface area contributed by atoms with E-state index in [0.29, 0.717) is 6.04 Å². The van der Waals surface area contributed by atoms with Crippen LogP contribution in [0.1, 0.15) is 12.5 Å². The van der Waals surface area contributed by atoms with Gasteiger partial charge in [0.1, 0.15) is 0 Å². The van der Waals surface area contributed by atoms with Gasteiger partial charge in [-0.05, 0) is 38.1 Å². The third-order valence-electron chi connectivity index (χ3n) is 2.06. The van der Waals surface area contributed by atoms with E-state index in [1.165, 1.54) is 5.56 Å². The Kier molecular flexibility index (Phi) is 4.23. The van der Waals surface area contributed by atoms with E-state index < -0.39 is 0 Å². The summed E-state index contributed by atoms with van der Waals surface area (Å²) >= 11 is 9.57. The number of likely N-dealkylation sites (N-methyl/N-ethyl adjacent to an activating group) is 1. The van der Waals surface area contributed by atoms with E-state index >= 15 is 0 Å². The second kappa shape index (κ2) is 4.99. The molecule has 0 saturated carbocycles. The van der Waals surface area contributed by atoms with Gasteiger partial charge < -0.3 is 5.32 Å². The predicted molar refractivity (Wildman–Crippen MR) is 61.4 cm³/mol. The average molecular weight is 263 g/mol. The van der Waals surface area contributed by atoms with Crippen molar-refractivity contribution in [2.75, 3.05) is 7.05 Å². The summed E-state index contributed by atoms with van der Waals surface area (Å²) < 4.78 is 1.09. The fraction of sp³-hybridized carbons (Fsp3) is 0.400. The summed E-state index contributed by atoms with van der Waals surface area (Å²) in [6, 6.07) is 6.32. The van der Waals surface area contributed by atoms with Gasteiger partial charge in [0, 0.05) is 15.5 Å². The Morgan fingerprint density at radius 1 is 1.54 bits per heavy atom. The van der Waals surface area contributed by atoms with E-state index in [9.17, 15) is 0 Å². The third-order valence-corrected chi connectivity index (χ3v) is 3.16. The van der Waals surface area contributed by atoms with Crippen molar-refractivity contribution in [2.45, 2.75) is 19.4 Å². The van der Waals surface area contributed by atoms with Gasteiger partial charge in [-0.3, -0.25) is 0 Å². The SMILES string of the molecule is CNC(C)Cc1c(Cl)cccc1Br. The monoisotopic (exact) mass is 261 g/mol. The van der Waals surface area contributed by atoms with E-state index in [1.807, 2.05) is 25.2 Å². The molecule has 0 aliphatic heterocycles. The molecule has 1 rings (SSSR count). The number of rotatable bonds is 3. The molecule has 1 N–H and O–H groups in total. The molecule has 0 fully saturated rings. The van der Waals surface area contributed by atoms with Crippen LogP contribution in [0.4, 0.5) is 0 Å². The van der Waals surface area contributed by atoms with Gasteiger partial charge in [-0.15, -0.1) is 0 Å². The zero-order valence-electron chi connectivity index (χ0n) is 7.77. The summed E-state index contributed by atoms with van der Waals surface area (Å²) in [5.41, 5.74) is 1.17. The van der Waals surface area contributed by atoms with Crippen molar-refractivity contribution in [2.24, 2.45) is 0 Å². The van der Waals surface area contributed by atoms with Crippen molar-refractivity contribution in [1.29, 1.82) is 0 Å². The summed E-state index contributed by atoms with van der Waals surface area (Å²) in [6.45, 7) is 2.13. The summed E-state index contributed by atoms with van der Waals surface area (Å²) in [7, 11) is 1.95. The molecule has 1 unspecified atom stereocenters. The van der Waals surface area contributed by atoms with Crippen LogP contribution < -0.4 is 5.32 Å². The van der Waals surface area contributed by atoms with Crippen LogP contribution in [0.5, 0.6) is 0 Å². The molecule has 0 bridgehead atoms. The predicted octanol–water partition coefficient (Wildman–Crippen LogP) is 3.25. The first-order valence-electron chi connectivity index (χ1n) is 4.25. The summed E-state index contributed by atoms with van der Waals surface area (Å²) in [6.07, 6.45) is 0.941. The third kappa shape index (κ3) is 2.97. The highest BCUT2D eigenvalue weighted by atomic mass is 79.9. The van der Waals surface area contributed by atoms with Crippen LogP contribution in [0.2, 0.25) is 5.02 Å². The Balaban J connectivity index is 2.87. The lowest BCUT2D eigenvalue weighted by Gasteiger charge is -2.12. The highest BCUT2D eigenvalue weighted by Gasteiger charge is 2.07. The molecule has 0 radical (unpaired) electrons. The van der Waals surface area contributed by atoms with Crippen LogP contribution in [-0.2, 0) is 6.42 Å². The largest absolute Gasteiger partial charge is 0.317 e. The number of halogens is 2. The number of hydrogen-bond acceptors (Lipinski definition) is 1. The topological polar surface area (TPSA) is 12.0 Å². The molecule has 0 aliphatic rings. The minimum Gasteiger partial charge on any atom is -0.317 e. The zero-order valence-corrected chi connectivity index (χ0v) is 10.1. The Bertz CT molecular complexity index is 268. The van der Waals surface area contributed by atoms with Crippen LogP contribution in [0.25, 0.3) is 0 Å². The maximum Gasteiger partial charge on any atom is 0.0449 e. The first-order valence-corrected chi connectivity index (χ1v) is 5.42. The van der Waals surface area contributed by atoms with Crippen molar-refractivity contribution >= 4 is 27.5 Å². The van der Waals surface area contributed by atoms with Crippen molar-refractivity contribution in [3.05, 3.63) is 33.3 Å². The lowest BCUT2D eigenvalue weighted by Crippen LogP contribution is -2.23. The standard InChI is InChI=1S/C10H13BrClN/c1-7(13-2)6-8-9(11)4-3-5-10(8)12/h3-5,7,13H,6H2,1-2H3. The molecule has 1 aromatic rings. The van der Waals surface area contributed by atoms with Crippen LogP contribution >= 0.6 is 27.5 Å². The molecular weight excluding hydrogens is 249 g/mol. The Labute approximate surface area is 92.6 Å². The second-order valence-corrected chi connectivity index (χ2v) is 4.36. The minimum atomic E-state index is 0.441. The van der Waals surface area contributed by atoms with Gasteiger partial charge in [-0.25, -0.2) is 0 Å². The second-order valence-electron chi connectivity index (χ2n) is 3.09. The normalized spacial score (nSPS) is 12.9. The molecular formula is C10H13BrClN. The zero-order chi connectivity index (χ0) is 9.84. The first kappa shape index (κ1) is 11.0. The maximum absolute atomic E-state index is 6.07. The first-order chi connectivity index (χ1) is 6.15. The molecule has 0 aliphatic carbocycles. The number of nitrogens with one attached hydrogen (secondary N) is 1. The van der Waals surface area contributed by atoms with E-state index in [0.717, 1.165) is 15.9 Å². The number of benzene rings is 1. The molecule has 3 heteroatoms. The molecule has 0 saturated heterocycles. The van der Waals surface area contributed by atoms with Gasteiger partial charge in [0.15, 0.2) is 0 Å². The highest BCUT2D eigenvalue weighted by molar-refractivity contribution is 9.10. The Morgan fingerprint density at radius 3 is 2.77 bits per heavy atom. The Morgan fingerprint density at radius 2 is 2.23 bits per heavy atom. The van der Waals surface area contributed by atoms with E-state index in [1.54, 1.807) is 0 Å². The van der Waals surface area contributed by atoms with Crippen molar-refractivity contribution in [3.63, 3.8) is 0 Å². The van der Waals surface area contributed by atoms with Gasteiger partial charge in [-0.2, -0.15) is 0 Å². The fourth-order valence-corrected chi connectivity index (χ4v) is 2.03. The van der Waals surface area contributed by atoms with Crippen LogP contribution in [0.3, 0.4) is 0 Å². The van der Waals surface area contributed by atoms with E-state index in [2.05, 4.69) is 28.2 Å². The molecule has 13 heavy (non-hydrogen) atoms. The number of hydrogen-bond donors (Lipinski definition) is 1. The van der Waals surface area contributed by atoms with Crippen molar-refractivity contribution in [3.8, 4) is 0 Å². The lowest BCUT2D eigenvalue weighted by molar-refractivity contribution is 0.607. The van der Waals surface area contributed by atoms with Crippen molar-refractivity contribution < 1.29 is 0 Å². The lowest BCUT2D eigenvalue weighted by atomic mass is 10.1. The molecule has 0 heterocycles. The van der Waals surface area contributed by atoms with Gasteiger partial charge in [-0.1, -0.05) is 33.6 Å². The fourth-order valence-electron chi connectivity index (χ4n) is 1.14. The summed E-state index contributed by atoms with van der Waals surface area (Å²) in [4.78, 5) is 0. The molecule has 1 aromatic carbocycles. The van der Waals surface area contributed by atoms with E-state index in [-0.39, 0.29) is 0 Å². The van der Waals surface area contributed by atoms with E-state index in [4.69, 9.17) is 11.6 Å². The minimum absolute atomic E-state index is 0.441. The van der Waals surface area contributed by atoms with Gasteiger partial charge in [0.25, 0.3) is 0 Å². The average Bonchev–Trinajstić information content (AvgIpc) is 2.11. The molecule has 1 atom stereocenters. The maximum atomic E-state index is 6.07. The molecule has 0 amide bonds. The summed E-state index contributed by atoms with van der Waals surface area (Å²) in [5, 5.41) is 4.02. The molecule has 1 nitrogen and oxygen atoms in total. The van der Waals surface area contributed by atoms with Crippen LogP contribution in [0, 0.1) is 0 Å². The molecule has 72 valence electrons. The van der Waals surface area contributed by atoms with Gasteiger partial charge in [0.2, 0.25) is 0 Å². The smallest absolute Gasteiger partial charge is 0.0449 e. The Hall–Kier alpha value is -0.0500. The van der Waals surface area contributed by atoms with Gasteiger partial charge in [0.05, 0.1) is 0 Å². The van der Waals surface area contributed by atoms with Crippen LogP contribution in [-0.4, -0.2) is 13.1 Å². The molecule has 0 aromatic heterocycles. The quantitative estimate of drug-likeness (QED) is 0.882. The van der Waals surface area contributed by atoms with Crippen LogP contribution in [0.15, 0.2) is 22.7 Å². The van der Waals surface area contributed by atoms with Crippen molar-refractivity contribution in [1.82, 2.24) is 5.32 Å². The summed E-state index contributed by atoms with van der Waals surface area (Å²) in [5.74, 6) is 0.